The van der Waals surface area contributed by atoms with Gasteiger partial charge in [0.2, 0.25) is 5.89 Å². The van der Waals surface area contributed by atoms with Crippen molar-refractivity contribution >= 4 is 0 Å². The molecule has 0 aliphatic carbocycles. The highest BCUT2D eigenvalue weighted by molar-refractivity contribution is 5.28. The van der Waals surface area contributed by atoms with Crippen LogP contribution in [-0.4, -0.2) is 23.8 Å². The molecular weight excluding hydrogens is 266 g/mol. The van der Waals surface area contributed by atoms with Crippen LogP contribution in [0.4, 0.5) is 0 Å². The van der Waals surface area contributed by atoms with E-state index in [0.717, 1.165) is 23.7 Å². The summed E-state index contributed by atoms with van der Waals surface area (Å²) in [7, 11) is 1.67. The molecule has 0 amide bonds. The molecule has 1 aliphatic rings. The van der Waals surface area contributed by atoms with Crippen molar-refractivity contribution in [3.05, 3.63) is 41.5 Å². The molecule has 112 valence electrons. The summed E-state index contributed by atoms with van der Waals surface area (Å²) in [5.41, 5.74) is 1.15. The average molecular weight is 287 g/mol. The topological polar surface area (TPSA) is 60.2 Å². The zero-order chi connectivity index (χ0) is 14.7. The number of aromatic nitrogens is 2. The Morgan fingerprint density at radius 2 is 2.14 bits per heavy atom. The zero-order valence-corrected chi connectivity index (χ0v) is 12.5. The van der Waals surface area contributed by atoms with Crippen LogP contribution in [-0.2, 0) is 6.42 Å². The quantitative estimate of drug-likeness (QED) is 0.937. The van der Waals surface area contributed by atoms with Crippen LogP contribution in [0, 0.1) is 5.92 Å². The Kier molecular flexibility index (Phi) is 4.20. The number of methoxy groups -OCH3 is 1. The third-order valence-electron chi connectivity index (χ3n) is 4.04. The molecule has 5 nitrogen and oxygen atoms in total. The van der Waals surface area contributed by atoms with E-state index in [1.54, 1.807) is 7.11 Å². The van der Waals surface area contributed by atoms with E-state index < -0.39 is 0 Å². The minimum atomic E-state index is 0.191. The van der Waals surface area contributed by atoms with Gasteiger partial charge in [-0.1, -0.05) is 24.2 Å². The molecular formula is C16H21N3O2. The second kappa shape index (κ2) is 6.26. The molecule has 0 spiro atoms. The Balaban J connectivity index is 1.69. The van der Waals surface area contributed by atoms with Gasteiger partial charge >= 0.3 is 0 Å². The maximum absolute atomic E-state index is 5.44. The Bertz CT molecular complexity index is 579. The Hall–Kier alpha value is -1.88. The van der Waals surface area contributed by atoms with Gasteiger partial charge in [0.25, 0.3) is 0 Å². The molecule has 1 saturated heterocycles. The summed E-state index contributed by atoms with van der Waals surface area (Å²) in [6, 6.07) is 8.13. The number of nitrogens with zero attached hydrogens (tertiary/aromatic N) is 2. The van der Waals surface area contributed by atoms with Crippen molar-refractivity contribution in [2.45, 2.75) is 32.2 Å². The third-order valence-corrected chi connectivity index (χ3v) is 4.04. The molecule has 2 atom stereocenters. The van der Waals surface area contributed by atoms with Crippen LogP contribution in [0.25, 0.3) is 0 Å². The van der Waals surface area contributed by atoms with Gasteiger partial charge in [-0.25, -0.2) is 0 Å². The molecule has 2 heterocycles. The van der Waals surface area contributed by atoms with Crippen LogP contribution in [0.5, 0.6) is 5.75 Å². The number of rotatable bonds is 4. The zero-order valence-electron chi connectivity index (χ0n) is 12.5. The summed E-state index contributed by atoms with van der Waals surface area (Å²) in [5.74, 6) is 2.83. The lowest BCUT2D eigenvalue weighted by molar-refractivity contribution is 0.239. The summed E-state index contributed by atoms with van der Waals surface area (Å²) in [6.07, 6.45) is 3.09. The summed E-state index contributed by atoms with van der Waals surface area (Å²) < 4.78 is 10.6. The molecule has 2 unspecified atom stereocenters. The average Bonchev–Trinajstić information content (AvgIpc) is 2.97. The van der Waals surface area contributed by atoms with Gasteiger partial charge in [0.05, 0.1) is 13.2 Å². The molecule has 0 bridgehead atoms. The fraction of sp³-hybridized carbons (Fsp3) is 0.500. The second-order valence-electron chi connectivity index (χ2n) is 5.63. The summed E-state index contributed by atoms with van der Waals surface area (Å²) in [5, 5.41) is 7.57. The van der Waals surface area contributed by atoms with Gasteiger partial charge in [0, 0.05) is 6.42 Å². The number of piperidine rings is 1. The highest BCUT2D eigenvalue weighted by Crippen LogP contribution is 2.27. The molecule has 1 aliphatic heterocycles. The van der Waals surface area contributed by atoms with Gasteiger partial charge in [0.1, 0.15) is 5.75 Å². The van der Waals surface area contributed by atoms with E-state index in [0.29, 0.717) is 18.2 Å². The first-order chi connectivity index (χ1) is 10.3. The summed E-state index contributed by atoms with van der Waals surface area (Å²) in [6.45, 7) is 3.25. The minimum absolute atomic E-state index is 0.191. The fourth-order valence-electron chi connectivity index (χ4n) is 2.77. The molecule has 1 N–H and O–H groups in total. The monoisotopic (exact) mass is 287 g/mol. The van der Waals surface area contributed by atoms with E-state index in [2.05, 4.69) is 22.4 Å². The number of hydrogen-bond donors (Lipinski definition) is 1. The normalized spacial score (nSPS) is 22.2. The predicted octanol–water partition coefficient (Wildman–Crippen LogP) is 2.73. The second-order valence-corrected chi connectivity index (χ2v) is 5.63. The molecule has 2 aromatic rings. The van der Waals surface area contributed by atoms with Gasteiger partial charge in [0.15, 0.2) is 5.82 Å². The molecule has 1 aromatic heterocycles. The van der Waals surface area contributed by atoms with Crippen molar-refractivity contribution in [2.24, 2.45) is 5.92 Å². The van der Waals surface area contributed by atoms with E-state index in [4.69, 9.17) is 9.26 Å². The Morgan fingerprint density at radius 1 is 1.33 bits per heavy atom. The van der Waals surface area contributed by atoms with Crippen LogP contribution in [0.2, 0.25) is 0 Å². The third kappa shape index (κ3) is 3.24. The highest BCUT2D eigenvalue weighted by atomic mass is 16.5. The summed E-state index contributed by atoms with van der Waals surface area (Å²) in [4.78, 5) is 4.55. The van der Waals surface area contributed by atoms with E-state index in [9.17, 15) is 0 Å². The lowest BCUT2D eigenvalue weighted by atomic mass is 9.93. The first-order valence-corrected chi connectivity index (χ1v) is 7.45. The predicted molar refractivity (Wildman–Crippen MR) is 79.2 cm³/mol. The molecule has 21 heavy (non-hydrogen) atoms. The van der Waals surface area contributed by atoms with Crippen molar-refractivity contribution in [1.82, 2.24) is 15.5 Å². The Morgan fingerprint density at radius 3 is 2.86 bits per heavy atom. The molecule has 1 fully saturated rings. The van der Waals surface area contributed by atoms with Gasteiger partial charge < -0.3 is 14.6 Å². The number of ether oxygens (including phenoxy) is 1. The van der Waals surface area contributed by atoms with Crippen molar-refractivity contribution < 1.29 is 9.26 Å². The van der Waals surface area contributed by atoms with Gasteiger partial charge in [-0.3, -0.25) is 0 Å². The smallest absolute Gasteiger partial charge is 0.244 e. The van der Waals surface area contributed by atoms with E-state index in [-0.39, 0.29) is 6.04 Å². The van der Waals surface area contributed by atoms with Crippen molar-refractivity contribution in [1.29, 1.82) is 0 Å². The van der Waals surface area contributed by atoms with Gasteiger partial charge in [-0.05, 0) is 43.0 Å². The minimum Gasteiger partial charge on any atom is -0.497 e. The largest absolute Gasteiger partial charge is 0.497 e. The van der Waals surface area contributed by atoms with Crippen molar-refractivity contribution in [2.75, 3.05) is 13.7 Å². The molecule has 0 saturated carbocycles. The molecule has 5 heteroatoms. The molecule has 0 radical (unpaired) electrons. The van der Waals surface area contributed by atoms with Gasteiger partial charge in [-0.15, -0.1) is 0 Å². The van der Waals surface area contributed by atoms with Crippen molar-refractivity contribution in [3.63, 3.8) is 0 Å². The van der Waals surface area contributed by atoms with Gasteiger partial charge in [-0.2, -0.15) is 4.98 Å². The maximum Gasteiger partial charge on any atom is 0.244 e. The van der Waals surface area contributed by atoms with E-state index in [1.807, 2.05) is 24.3 Å². The standard InChI is InChI=1S/C16H21N3O2/c1-11-4-3-9-17-15(11)16-18-14(19-21-16)10-12-5-7-13(20-2)8-6-12/h5-8,11,15,17H,3-4,9-10H2,1-2H3. The van der Waals surface area contributed by atoms with E-state index >= 15 is 0 Å². The highest BCUT2D eigenvalue weighted by Gasteiger charge is 2.27. The van der Waals surface area contributed by atoms with Crippen LogP contribution in [0.3, 0.4) is 0 Å². The summed E-state index contributed by atoms with van der Waals surface area (Å²) >= 11 is 0. The molecule has 1 aromatic carbocycles. The SMILES string of the molecule is COc1ccc(Cc2noc(C3NCCCC3C)n2)cc1. The number of hydrogen-bond acceptors (Lipinski definition) is 5. The van der Waals surface area contributed by atoms with Crippen LogP contribution < -0.4 is 10.1 Å². The van der Waals surface area contributed by atoms with Crippen LogP contribution in [0.15, 0.2) is 28.8 Å². The van der Waals surface area contributed by atoms with E-state index in [1.165, 1.54) is 12.8 Å². The fourth-order valence-corrected chi connectivity index (χ4v) is 2.77. The van der Waals surface area contributed by atoms with Crippen molar-refractivity contribution in [3.8, 4) is 5.75 Å². The Labute approximate surface area is 124 Å². The maximum atomic E-state index is 5.44. The first-order valence-electron chi connectivity index (χ1n) is 7.45. The lowest BCUT2D eigenvalue weighted by Gasteiger charge is -2.26. The lowest BCUT2D eigenvalue weighted by Crippen LogP contribution is -2.33. The van der Waals surface area contributed by atoms with Crippen LogP contribution >= 0.6 is 0 Å². The molecule has 3 rings (SSSR count). The van der Waals surface area contributed by atoms with Crippen LogP contribution in [0.1, 0.15) is 43.1 Å². The first kappa shape index (κ1) is 14.1. The number of benzene rings is 1. The number of nitrogens with one attached hydrogen (secondary N) is 1.